The van der Waals surface area contributed by atoms with Crippen molar-refractivity contribution < 1.29 is 4.79 Å². The van der Waals surface area contributed by atoms with Gasteiger partial charge in [-0.2, -0.15) is 0 Å². The predicted molar refractivity (Wildman–Crippen MR) is 72.5 cm³/mol. The lowest BCUT2D eigenvalue weighted by Gasteiger charge is -2.14. The van der Waals surface area contributed by atoms with Crippen LogP contribution < -0.4 is 5.32 Å². The summed E-state index contributed by atoms with van der Waals surface area (Å²) in [5, 5.41) is 2.86. The predicted octanol–water partition coefficient (Wildman–Crippen LogP) is 2.37. The quantitative estimate of drug-likeness (QED) is 0.867. The van der Waals surface area contributed by atoms with Gasteiger partial charge in [-0.05, 0) is 57.1 Å². The van der Waals surface area contributed by atoms with E-state index in [-0.39, 0.29) is 5.91 Å². The Morgan fingerprint density at radius 1 is 1.24 bits per heavy atom. The number of carbonyl (C=O) groups excluding carboxylic acids is 1. The zero-order chi connectivity index (χ0) is 13.0. The minimum Gasteiger partial charge on any atom is -0.326 e. The molecule has 0 fully saturated rings. The van der Waals surface area contributed by atoms with Gasteiger partial charge in [-0.3, -0.25) is 4.79 Å². The van der Waals surface area contributed by atoms with Crippen LogP contribution in [0.2, 0.25) is 0 Å². The number of amides is 1. The Kier molecular flexibility index (Phi) is 4.70. The number of rotatable bonds is 4. The van der Waals surface area contributed by atoms with E-state index in [9.17, 15) is 4.79 Å². The zero-order valence-corrected chi connectivity index (χ0v) is 11.4. The molecule has 0 unspecified atom stereocenters. The van der Waals surface area contributed by atoms with Crippen LogP contribution >= 0.6 is 0 Å². The molecule has 0 bridgehead atoms. The molecule has 1 aromatic carbocycles. The number of hydrogen-bond acceptors (Lipinski definition) is 2. The second kappa shape index (κ2) is 5.82. The summed E-state index contributed by atoms with van der Waals surface area (Å²) in [6.07, 6.45) is 1.04. The van der Waals surface area contributed by atoms with E-state index in [4.69, 9.17) is 0 Å². The summed E-state index contributed by atoms with van der Waals surface area (Å²) in [5.74, 6) is -0.0199. The molecule has 1 aromatic rings. The summed E-state index contributed by atoms with van der Waals surface area (Å²) in [4.78, 5) is 13.2. The molecule has 0 aromatic heterocycles. The van der Waals surface area contributed by atoms with Crippen LogP contribution in [0.15, 0.2) is 12.1 Å². The van der Waals surface area contributed by atoms with Gasteiger partial charge in [-0.15, -0.1) is 0 Å². The third-order valence-electron chi connectivity index (χ3n) is 2.82. The lowest BCUT2D eigenvalue weighted by Crippen LogP contribution is -2.16. The van der Waals surface area contributed by atoms with Crippen LogP contribution in [0.1, 0.15) is 23.6 Å². The Hall–Kier alpha value is -1.35. The lowest BCUT2D eigenvalue weighted by atomic mass is 10.0. The lowest BCUT2D eigenvalue weighted by molar-refractivity contribution is -0.114. The van der Waals surface area contributed by atoms with Gasteiger partial charge in [0.25, 0.3) is 0 Å². The van der Waals surface area contributed by atoms with Crippen LogP contribution in [-0.2, 0) is 11.2 Å². The Balaban J connectivity index is 2.89. The summed E-state index contributed by atoms with van der Waals surface area (Å²) < 4.78 is 0. The second-order valence-electron chi connectivity index (χ2n) is 4.83. The third-order valence-corrected chi connectivity index (χ3v) is 2.82. The normalized spacial score (nSPS) is 10.7. The number of hydrogen-bond donors (Lipinski definition) is 1. The van der Waals surface area contributed by atoms with Crippen molar-refractivity contribution in [3.8, 4) is 0 Å². The van der Waals surface area contributed by atoms with Gasteiger partial charge in [0.15, 0.2) is 0 Å². The first-order valence-electron chi connectivity index (χ1n) is 5.92. The van der Waals surface area contributed by atoms with Crippen molar-refractivity contribution in [3.05, 3.63) is 28.8 Å². The maximum absolute atomic E-state index is 11.1. The smallest absolute Gasteiger partial charge is 0.221 e. The van der Waals surface area contributed by atoms with Crippen LogP contribution in [0.25, 0.3) is 0 Å². The zero-order valence-electron chi connectivity index (χ0n) is 11.4. The molecule has 0 aliphatic rings. The highest BCUT2D eigenvalue weighted by atomic mass is 16.1. The molecule has 0 radical (unpaired) electrons. The molecule has 1 rings (SSSR count). The number of aryl methyl sites for hydroxylation is 2. The van der Waals surface area contributed by atoms with Gasteiger partial charge >= 0.3 is 0 Å². The summed E-state index contributed by atoms with van der Waals surface area (Å²) in [7, 11) is 4.15. The summed E-state index contributed by atoms with van der Waals surface area (Å²) in [6, 6.07) is 4.23. The van der Waals surface area contributed by atoms with Crippen molar-refractivity contribution in [2.45, 2.75) is 27.2 Å². The maximum atomic E-state index is 11.1. The van der Waals surface area contributed by atoms with E-state index in [2.05, 4.69) is 43.4 Å². The minimum atomic E-state index is -0.0199. The Morgan fingerprint density at radius 2 is 1.88 bits per heavy atom. The molecule has 0 saturated carbocycles. The maximum Gasteiger partial charge on any atom is 0.221 e. The molecule has 0 heterocycles. The van der Waals surface area contributed by atoms with Gasteiger partial charge in [0.2, 0.25) is 5.91 Å². The average molecular weight is 234 g/mol. The van der Waals surface area contributed by atoms with Crippen molar-refractivity contribution in [2.24, 2.45) is 0 Å². The SMILES string of the molecule is CC(=O)Nc1cc(C)c(CCN(C)C)cc1C. The van der Waals surface area contributed by atoms with Crippen LogP contribution in [0.4, 0.5) is 5.69 Å². The molecule has 0 saturated heterocycles. The Bertz CT molecular complexity index is 411. The number of benzene rings is 1. The molecule has 0 spiro atoms. The standard InChI is InChI=1S/C14H22N2O/c1-10-9-14(15-12(3)17)11(2)8-13(10)6-7-16(4)5/h8-9H,6-7H2,1-5H3,(H,15,17). The monoisotopic (exact) mass is 234 g/mol. The third kappa shape index (κ3) is 4.19. The average Bonchev–Trinajstić information content (AvgIpc) is 2.20. The molecular formula is C14H22N2O. The number of nitrogens with one attached hydrogen (secondary N) is 1. The molecular weight excluding hydrogens is 212 g/mol. The van der Waals surface area contributed by atoms with Gasteiger partial charge in [-0.1, -0.05) is 6.07 Å². The molecule has 17 heavy (non-hydrogen) atoms. The molecule has 94 valence electrons. The fraction of sp³-hybridized carbons (Fsp3) is 0.500. The van der Waals surface area contributed by atoms with E-state index < -0.39 is 0 Å². The first-order valence-corrected chi connectivity index (χ1v) is 5.92. The van der Waals surface area contributed by atoms with Gasteiger partial charge < -0.3 is 10.2 Å². The van der Waals surface area contributed by atoms with Gasteiger partial charge in [0.05, 0.1) is 0 Å². The Labute approximate surface area is 104 Å². The van der Waals surface area contributed by atoms with E-state index in [1.165, 1.54) is 18.1 Å². The highest BCUT2D eigenvalue weighted by Crippen LogP contribution is 2.21. The summed E-state index contributed by atoms with van der Waals surface area (Å²) >= 11 is 0. The highest BCUT2D eigenvalue weighted by molar-refractivity contribution is 5.89. The number of carbonyl (C=O) groups is 1. The molecule has 3 heteroatoms. The Morgan fingerprint density at radius 3 is 2.41 bits per heavy atom. The van der Waals surface area contributed by atoms with Crippen LogP contribution in [-0.4, -0.2) is 31.4 Å². The topological polar surface area (TPSA) is 32.3 Å². The molecule has 0 aliphatic carbocycles. The van der Waals surface area contributed by atoms with Gasteiger partial charge in [0.1, 0.15) is 0 Å². The van der Waals surface area contributed by atoms with Gasteiger partial charge in [0, 0.05) is 19.2 Å². The largest absolute Gasteiger partial charge is 0.326 e. The van der Waals surface area contributed by atoms with Crippen LogP contribution in [0.5, 0.6) is 0 Å². The molecule has 3 nitrogen and oxygen atoms in total. The molecule has 1 N–H and O–H groups in total. The van der Waals surface area contributed by atoms with E-state index in [0.717, 1.165) is 24.2 Å². The minimum absolute atomic E-state index is 0.0199. The molecule has 1 amide bonds. The summed E-state index contributed by atoms with van der Waals surface area (Å²) in [6.45, 7) is 6.70. The number of anilines is 1. The van der Waals surface area contributed by atoms with Crippen molar-refractivity contribution in [1.82, 2.24) is 4.90 Å². The van der Waals surface area contributed by atoms with E-state index in [0.29, 0.717) is 0 Å². The van der Waals surface area contributed by atoms with E-state index in [1.54, 1.807) is 0 Å². The summed E-state index contributed by atoms with van der Waals surface area (Å²) in [5.41, 5.74) is 4.63. The van der Waals surface area contributed by atoms with Crippen molar-refractivity contribution in [2.75, 3.05) is 26.0 Å². The van der Waals surface area contributed by atoms with Gasteiger partial charge in [-0.25, -0.2) is 0 Å². The van der Waals surface area contributed by atoms with Crippen molar-refractivity contribution in [3.63, 3.8) is 0 Å². The number of likely N-dealkylation sites (N-methyl/N-ethyl adjacent to an activating group) is 1. The first kappa shape index (κ1) is 13.7. The first-order chi connectivity index (χ1) is 7.90. The van der Waals surface area contributed by atoms with Crippen molar-refractivity contribution >= 4 is 11.6 Å². The molecule has 0 atom stereocenters. The number of nitrogens with zero attached hydrogens (tertiary/aromatic N) is 1. The fourth-order valence-electron chi connectivity index (χ4n) is 1.81. The van der Waals surface area contributed by atoms with Crippen molar-refractivity contribution in [1.29, 1.82) is 0 Å². The van der Waals surface area contributed by atoms with Crippen LogP contribution in [0.3, 0.4) is 0 Å². The molecule has 0 aliphatic heterocycles. The second-order valence-corrected chi connectivity index (χ2v) is 4.83. The highest BCUT2D eigenvalue weighted by Gasteiger charge is 2.06. The fourth-order valence-corrected chi connectivity index (χ4v) is 1.81. The van der Waals surface area contributed by atoms with E-state index >= 15 is 0 Å². The van der Waals surface area contributed by atoms with E-state index in [1.807, 2.05) is 6.92 Å². The van der Waals surface area contributed by atoms with Crippen LogP contribution in [0, 0.1) is 13.8 Å².